The van der Waals surface area contributed by atoms with E-state index in [1.54, 1.807) is 12.1 Å². The fraction of sp³-hybridized carbons (Fsp3) is 0.600. The molecule has 0 saturated carbocycles. The normalized spacial score (nSPS) is 12.4. The number of carboxylic acids is 1. The summed E-state index contributed by atoms with van der Waals surface area (Å²) < 4.78 is 5.49. The number of nitrogens with one attached hydrogen (secondary N) is 1. The van der Waals surface area contributed by atoms with E-state index in [1.165, 1.54) is 0 Å². The third-order valence-electron chi connectivity index (χ3n) is 3.34. The molecule has 6 heteroatoms. The van der Waals surface area contributed by atoms with Gasteiger partial charge in [0.2, 0.25) is 0 Å². The molecule has 1 aromatic rings. The van der Waals surface area contributed by atoms with Crippen LogP contribution < -0.4 is 5.32 Å². The van der Waals surface area contributed by atoms with Crippen molar-refractivity contribution in [3.8, 4) is 0 Å². The van der Waals surface area contributed by atoms with Crippen molar-refractivity contribution in [2.24, 2.45) is 0 Å². The van der Waals surface area contributed by atoms with Crippen LogP contribution in [-0.2, 0) is 11.3 Å². The number of aliphatic carboxylic acids is 1. The van der Waals surface area contributed by atoms with Crippen molar-refractivity contribution in [3.63, 3.8) is 0 Å². The molecule has 0 aromatic carbocycles. The SMILES string of the molecule is CCC[C@@H](NC(=O)c1ccc(CN(CC)CC)o1)C(=O)O. The van der Waals surface area contributed by atoms with Crippen LogP contribution in [0.1, 0.15) is 49.9 Å². The minimum Gasteiger partial charge on any atom is -0.480 e. The van der Waals surface area contributed by atoms with Gasteiger partial charge in [-0.1, -0.05) is 27.2 Å². The second-order valence-corrected chi connectivity index (χ2v) is 4.88. The van der Waals surface area contributed by atoms with Gasteiger partial charge in [-0.3, -0.25) is 9.69 Å². The largest absolute Gasteiger partial charge is 0.480 e. The molecule has 0 saturated heterocycles. The van der Waals surface area contributed by atoms with E-state index in [-0.39, 0.29) is 5.76 Å². The lowest BCUT2D eigenvalue weighted by Crippen LogP contribution is -2.40. The van der Waals surface area contributed by atoms with Gasteiger partial charge in [0.05, 0.1) is 6.54 Å². The molecular weight excluding hydrogens is 272 g/mol. The Kier molecular flexibility index (Phi) is 6.94. The van der Waals surface area contributed by atoms with Crippen LogP contribution in [0.15, 0.2) is 16.5 Å². The lowest BCUT2D eigenvalue weighted by Gasteiger charge is -2.15. The molecule has 1 rings (SSSR count). The summed E-state index contributed by atoms with van der Waals surface area (Å²) >= 11 is 0. The topological polar surface area (TPSA) is 82.8 Å². The van der Waals surface area contributed by atoms with E-state index >= 15 is 0 Å². The number of furan rings is 1. The first-order valence-electron chi connectivity index (χ1n) is 7.36. The molecule has 118 valence electrons. The van der Waals surface area contributed by atoms with Gasteiger partial charge in [-0.15, -0.1) is 0 Å². The maximum Gasteiger partial charge on any atom is 0.326 e. The molecule has 0 radical (unpaired) electrons. The molecule has 0 aliphatic rings. The second-order valence-electron chi connectivity index (χ2n) is 4.88. The smallest absolute Gasteiger partial charge is 0.326 e. The van der Waals surface area contributed by atoms with Crippen molar-refractivity contribution < 1.29 is 19.1 Å². The zero-order valence-corrected chi connectivity index (χ0v) is 12.9. The maximum atomic E-state index is 12.0. The molecule has 1 atom stereocenters. The lowest BCUT2D eigenvalue weighted by atomic mass is 10.1. The van der Waals surface area contributed by atoms with Crippen LogP contribution >= 0.6 is 0 Å². The average Bonchev–Trinajstić information content (AvgIpc) is 2.92. The molecule has 6 nitrogen and oxygen atoms in total. The van der Waals surface area contributed by atoms with Crippen molar-refractivity contribution in [1.29, 1.82) is 0 Å². The quantitative estimate of drug-likeness (QED) is 0.729. The Bertz CT molecular complexity index is 466. The lowest BCUT2D eigenvalue weighted by molar-refractivity contribution is -0.139. The van der Waals surface area contributed by atoms with Gasteiger partial charge in [0.25, 0.3) is 5.91 Å². The standard InChI is InChI=1S/C15H24N2O4/c1-4-7-12(15(19)20)16-14(18)13-9-8-11(21-13)10-17(5-2)6-3/h8-9,12H,4-7,10H2,1-3H3,(H,16,18)(H,19,20)/t12-/m1/s1. The van der Waals surface area contributed by atoms with Gasteiger partial charge in [0, 0.05) is 0 Å². The molecule has 0 spiro atoms. The van der Waals surface area contributed by atoms with Crippen LogP contribution in [0.25, 0.3) is 0 Å². The molecule has 1 amide bonds. The monoisotopic (exact) mass is 296 g/mol. The first-order chi connectivity index (χ1) is 10.0. The van der Waals surface area contributed by atoms with Crippen molar-refractivity contribution in [3.05, 3.63) is 23.7 Å². The van der Waals surface area contributed by atoms with Gasteiger partial charge in [-0.2, -0.15) is 0 Å². The summed E-state index contributed by atoms with van der Waals surface area (Å²) in [5, 5.41) is 11.5. The summed E-state index contributed by atoms with van der Waals surface area (Å²) in [6.45, 7) is 8.42. The van der Waals surface area contributed by atoms with Crippen LogP contribution in [0.5, 0.6) is 0 Å². The Hall–Kier alpha value is -1.82. The van der Waals surface area contributed by atoms with E-state index < -0.39 is 17.9 Å². The predicted molar refractivity (Wildman–Crippen MR) is 79.1 cm³/mol. The van der Waals surface area contributed by atoms with E-state index in [0.717, 1.165) is 13.1 Å². The van der Waals surface area contributed by atoms with Crippen molar-refractivity contribution >= 4 is 11.9 Å². The van der Waals surface area contributed by atoms with Crippen LogP contribution in [0.4, 0.5) is 0 Å². The summed E-state index contributed by atoms with van der Waals surface area (Å²) in [7, 11) is 0. The molecule has 1 heterocycles. The Morgan fingerprint density at radius 2 is 1.95 bits per heavy atom. The molecule has 0 aliphatic heterocycles. The number of carbonyl (C=O) groups excluding carboxylic acids is 1. The average molecular weight is 296 g/mol. The van der Waals surface area contributed by atoms with Crippen molar-refractivity contribution in [2.45, 2.75) is 46.2 Å². The minimum absolute atomic E-state index is 0.152. The summed E-state index contributed by atoms with van der Waals surface area (Å²) in [5.41, 5.74) is 0. The van der Waals surface area contributed by atoms with E-state index in [0.29, 0.717) is 25.1 Å². The molecule has 0 aliphatic carbocycles. The van der Waals surface area contributed by atoms with E-state index in [9.17, 15) is 9.59 Å². The Morgan fingerprint density at radius 3 is 2.48 bits per heavy atom. The fourth-order valence-corrected chi connectivity index (χ4v) is 2.03. The number of nitrogens with zero attached hydrogens (tertiary/aromatic N) is 1. The fourth-order valence-electron chi connectivity index (χ4n) is 2.03. The summed E-state index contributed by atoms with van der Waals surface area (Å²) in [4.78, 5) is 25.2. The van der Waals surface area contributed by atoms with Crippen molar-refractivity contribution in [2.75, 3.05) is 13.1 Å². The van der Waals surface area contributed by atoms with Gasteiger partial charge >= 0.3 is 5.97 Å². The van der Waals surface area contributed by atoms with Crippen LogP contribution in [-0.4, -0.2) is 41.0 Å². The summed E-state index contributed by atoms with van der Waals surface area (Å²) in [6.07, 6.45) is 1.08. The first-order valence-corrected chi connectivity index (χ1v) is 7.36. The summed E-state index contributed by atoms with van der Waals surface area (Å²) in [6, 6.07) is 2.46. The number of hydrogen-bond donors (Lipinski definition) is 2. The minimum atomic E-state index is -1.03. The first kappa shape index (κ1) is 17.2. The highest BCUT2D eigenvalue weighted by molar-refractivity contribution is 5.94. The highest BCUT2D eigenvalue weighted by atomic mass is 16.4. The Balaban J connectivity index is 2.66. The maximum absolute atomic E-state index is 12.0. The third kappa shape index (κ3) is 5.23. The second kappa shape index (κ2) is 8.46. The van der Waals surface area contributed by atoms with Crippen molar-refractivity contribution in [1.82, 2.24) is 10.2 Å². The third-order valence-corrected chi connectivity index (χ3v) is 3.34. The number of hydrogen-bond acceptors (Lipinski definition) is 4. The summed E-state index contributed by atoms with van der Waals surface area (Å²) in [5.74, 6) is -0.660. The zero-order valence-electron chi connectivity index (χ0n) is 12.9. The Labute approximate surface area is 125 Å². The van der Waals surface area contributed by atoms with Gasteiger partial charge in [-0.25, -0.2) is 4.79 Å². The number of carbonyl (C=O) groups is 2. The van der Waals surface area contributed by atoms with Gasteiger partial charge in [-0.05, 0) is 31.6 Å². The van der Waals surface area contributed by atoms with E-state index in [2.05, 4.69) is 24.1 Å². The molecule has 0 fully saturated rings. The molecule has 1 aromatic heterocycles. The molecular formula is C15H24N2O4. The Morgan fingerprint density at radius 1 is 1.29 bits per heavy atom. The highest BCUT2D eigenvalue weighted by Crippen LogP contribution is 2.11. The number of rotatable bonds is 9. The predicted octanol–water partition coefficient (Wildman–Crippen LogP) is 2.10. The van der Waals surface area contributed by atoms with Crippen LogP contribution in [0.3, 0.4) is 0 Å². The zero-order chi connectivity index (χ0) is 15.8. The van der Waals surface area contributed by atoms with E-state index in [1.807, 2.05) is 6.92 Å². The van der Waals surface area contributed by atoms with E-state index in [4.69, 9.17) is 9.52 Å². The molecule has 0 bridgehead atoms. The molecule has 2 N–H and O–H groups in total. The molecule has 0 unspecified atom stereocenters. The van der Waals surface area contributed by atoms with Gasteiger partial charge < -0.3 is 14.8 Å². The number of amides is 1. The van der Waals surface area contributed by atoms with Gasteiger partial charge in [0.15, 0.2) is 5.76 Å². The number of carboxylic acid groups (broad SMARTS) is 1. The van der Waals surface area contributed by atoms with Crippen LogP contribution in [0.2, 0.25) is 0 Å². The van der Waals surface area contributed by atoms with Gasteiger partial charge in [0.1, 0.15) is 11.8 Å². The highest BCUT2D eigenvalue weighted by Gasteiger charge is 2.21. The van der Waals surface area contributed by atoms with Crippen LogP contribution in [0, 0.1) is 0 Å². The molecule has 21 heavy (non-hydrogen) atoms.